The number of ether oxygens (including phenoxy) is 1. The zero-order chi connectivity index (χ0) is 21.2. The Labute approximate surface area is 175 Å². The number of benzene rings is 2. The number of carbonyl (C=O) groups excluding carboxylic acids is 2. The van der Waals surface area contributed by atoms with E-state index in [4.69, 9.17) is 21.9 Å². The van der Waals surface area contributed by atoms with E-state index in [1.165, 1.54) is 0 Å². The van der Waals surface area contributed by atoms with Crippen molar-refractivity contribution in [3.05, 3.63) is 59.1 Å². The molecule has 0 aliphatic carbocycles. The Balaban J connectivity index is 2.10. The summed E-state index contributed by atoms with van der Waals surface area (Å²) in [5.41, 5.74) is 9.95. The van der Waals surface area contributed by atoms with Crippen LogP contribution >= 0.6 is 11.6 Å². The van der Waals surface area contributed by atoms with Crippen LogP contribution in [-0.2, 0) is 20.7 Å². The van der Waals surface area contributed by atoms with E-state index in [1.54, 1.807) is 13.8 Å². The van der Waals surface area contributed by atoms with Gasteiger partial charge in [0.15, 0.2) is 0 Å². The smallest absolute Gasteiger partial charge is 0.319 e. The van der Waals surface area contributed by atoms with Gasteiger partial charge in [-0.1, -0.05) is 48.0 Å². The van der Waals surface area contributed by atoms with Crippen LogP contribution in [0.1, 0.15) is 19.4 Å². The van der Waals surface area contributed by atoms with Crippen molar-refractivity contribution >= 4 is 23.5 Å². The molecule has 2 aromatic rings. The van der Waals surface area contributed by atoms with Gasteiger partial charge in [-0.05, 0) is 49.1 Å². The van der Waals surface area contributed by atoms with E-state index in [2.05, 4.69) is 15.7 Å². The maximum absolute atomic E-state index is 12.5. The summed E-state index contributed by atoms with van der Waals surface area (Å²) < 4.78 is 4.91. The molecular formula is C21H25ClN4O3. The van der Waals surface area contributed by atoms with Crippen molar-refractivity contribution < 1.29 is 14.3 Å². The van der Waals surface area contributed by atoms with Crippen molar-refractivity contribution in [1.82, 2.24) is 10.6 Å². The van der Waals surface area contributed by atoms with Gasteiger partial charge in [0.25, 0.3) is 0 Å². The topological polar surface area (TPSA) is 104 Å². The summed E-state index contributed by atoms with van der Waals surface area (Å²) in [7, 11) is 0. The molecule has 0 aromatic heterocycles. The summed E-state index contributed by atoms with van der Waals surface area (Å²) >= 11 is 6.05. The van der Waals surface area contributed by atoms with Crippen LogP contribution < -0.4 is 10.6 Å². The van der Waals surface area contributed by atoms with Gasteiger partial charge in [-0.25, -0.2) is 5.53 Å². The summed E-state index contributed by atoms with van der Waals surface area (Å²) in [6.07, 6.45) is -0.272. The van der Waals surface area contributed by atoms with Gasteiger partial charge in [-0.15, -0.1) is 0 Å². The number of amides is 1. The fraction of sp³-hybridized carbons (Fsp3) is 0.333. The molecule has 0 fully saturated rings. The lowest BCUT2D eigenvalue weighted by atomic mass is 10.00. The Morgan fingerprint density at radius 2 is 1.90 bits per heavy atom. The van der Waals surface area contributed by atoms with Gasteiger partial charge in [-0.3, -0.25) is 14.9 Å². The van der Waals surface area contributed by atoms with Crippen LogP contribution in [0.3, 0.4) is 0 Å². The Morgan fingerprint density at radius 1 is 1.17 bits per heavy atom. The number of esters is 1. The monoisotopic (exact) mass is 416 g/mol. The molecule has 1 amide bonds. The van der Waals surface area contributed by atoms with Gasteiger partial charge >= 0.3 is 5.97 Å². The predicted molar refractivity (Wildman–Crippen MR) is 112 cm³/mol. The molecular weight excluding hydrogens is 392 g/mol. The third-order valence-corrected chi connectivity index (χ3v) is 4.45. The highest BCUT2D eigenvalue weighted by molar-refractivity contribution is 6.30. The highest BCUT2D eigenvalue weighted by Crippen LogP contribution is 2.23. The van der Waals surface area contributed by atoms with Gasteiger partial charge < -0.3 is 10.1 Å². The number of nitrogens with zero attached hydrogens (tertiary/aromatic N) is 1. The molecule has 154 valence electrons. The molecule has 8 heteroatoms. The maximum Gasteiger partial charge on any atom is 0.319 e. The molecule has 0 heterocycles. The van der Waals surface area contributed by atoms with Crippen LogP contribution in [0.15, 0.2) is 53.6 Å². The maximum atomic E-state index is 12.5. The zero-order valence-electron chi connectivity index (χ0n) is 16.4. The van der Waals surface area contributed by atoms with Gasteiger partial charge in [0.05, 0.1) is 19.2 Å². The minimum Gasteiger partial charge on any atom is -0.465 e. The van der Waals surface area contributed by atoms with Gasteiger partial charge in [0.2, 0.25) is 5.91 Å². The largest absolute Gasteiger partial charge is 0.465 e. The number of hydrogen-bond donors (Lipinski definition) is 3. The van der Waals surface area contributed by atoms with Crippen LogP contribution in [-0.4, -0.2) is 37.2 Å². The fourth-order valence-corrected chi connectivity index (χ4v) is 2.94. The van der Waals surface area contributed by atoms with E-state index in [9.17, 15) is 9.59 Å². The molecule has 0 saturated heterocycles. The number of halogens is 1. The zero-order valence-corrected chi connectivity index (χ0v) is 17.2. The van der Waals surface area contributed by atoms with Gasteiger partial charge in [0.1, 0.15) is 6.17 Å². The fourth-order valence-electron chi connectivity index (χ4n) is 2.75. The van der Waals surface area contributed by atoms with Crippen molar-refractivity contribution in [1.29, 1.82) is 5.53 Å². The predicted octanol–water partition coefficient (Wildman–Crippen LogP) is 3.56. The molecule has 0 bridgehead atoms. The number of carbonyl (C=O) groups is 2. The summed E-state index contributed by atoms with van der Waals surface area (Å²) in [5.74, 6) is -0.767. The first-order chi connectivity index (χ1) is 13.9. The van der Waals surface area contributed by atoms with Crippen LogP contribution in [0.25, 0.3) is 11.1 Å². The van der Waals surface area contributed by atoms with Crippen LogP contribution in [0.4, 0.5) is 0 Å². The van der Waals surface area contributed by atoms with E-state index >= 15 is 0 Å². The molecule has 29 heavy (non-hydrogen) atoms. The minimum absolute atomic E-state index is 0.0844. The summed E-state index contributed by atoms with van der Waals surface area (Å²) in [6.45, 7) is 3.52. The molecule has 7 nitrogen and oxygen atoms in total. The number of hydrogen-bond acceptors (Lipinski definition) is 6. The molecule has 3 N–H and O–H groups in total. The summed E-state index contributed by atoms with van der Waals surface area (Å²) in [6, 6.07) is 14.7. The normalized spacial score (nSPS) is 12.7. The molecule has 0 aliphatic heterocycles. The van der Waals surface area contributed by atoms with E-state index in [0.29, 0.717) is 11.4 Å². The molecule has 2 atom stereocenters. The van der Waals surface area contributed by atoms with E-state index in [0.717, 1.165) is 16.7 Å². The number of rotatable bonds is 10. The Kier molecular flexibility index (Phi) is 8.76. The Morgan fingerprint density at radius 3 is 2.52 bits per heavy atom. The highest BCUT2D eigenvalue weighted by Gasteiger charge is 2.21. The molecule has 2 unspecified atom stereocenters. The molecule has 0 saturated carbocycles. The van der Waals surface area contributed by atoms with E-state index < -0.39 is 18.2 Å². The summed E-state index contributed by atoms with van der Waals surface area (Å²) in [4.78, 5) is 24.2. The Hall–Kier alpha value is -2.77. The Bertz CT molecular complexity index is 842. The lowest BCUT2D eigenvalue weighted by Crippen LogP contribution is -2.49. The molecule has 0 radical (unpaired) electrons. The second-order valence-electron chi connectivity index (χ2n) is 6.46. The van der Waals surface area contributed by atoms with Crippen LogP contribution in [0.2, 0.25) is 5.02 Å². The minimum atomic E-state index is -0.666. The molecule has 2 aromatic carbocycles. The van der Waals surface area contributed by atoms with Gasteiger partial charge in [0, 0.05) is 5.02 Å². The standard InChI is InChI=1S/C21H25ClN4O3/c1-3-29-20(27)13-24-19(21(28)25-14(2)26-23)11-15-7-9-16(10-8-15)17-5-4-6-18(22)12-17/h4-10,12,14,19,23-24H,3,11,13H2,1-2H3,(H,25,28). The van der Waals surface area contributed by atoms with Crippen LogP contribution in [0.5, 0.6) is 0 Å². The van der Waals surface area contributed by atoms with Crippen molar-refractivity contribution in [3.63, 3.8) is 0 Å². The van der Waals surface area contributed by atoms with E-state index in [1.807, 2.05) is 48.5 Å². The molecule has 0 aliphatic rings. The lowest BCUT2D eigenvalue weighted by molar-refractivity contribution is -0.142. The van der Waals surface area contributed by atoms with Crippen LogP contribution in [0, 0.1) is 5.53 Å². The third kappa shape index (κ3) is 7.29. The highest BCUT2D eigenvalue weighted by atomic mass is 35.5. The first-order valence-corrected chi connectivity index (χ1v) is 9.71. The SMILES string of the molecule is CCOC(=O)CNC(Cc1ccc(-c2cccc(Cl)c2)cc1)C(=O)NC(C)N=N. The quantitative estimate of drug-likeness (QED) is 0.407. The average Bonchev–Trinajstić information content (AvgIpc) is 2.71. The molecule has 0 spiro atoms. The van der Waals surface area contributed by atoms with Crippen molar-refractivity contribution in [3.8, 4) is 11.1 Å². The first kappa shape index (κ1) is 22.5. The van der Waals surface area contributed by atoms with Crippen molar-refractivity contribution in [2.24, 2.45) is 5.11 Å². The van der Waals surface area contributed by atoms with Crippen molar-refractivity contribution in [2.75, 3.05) is 13.2 Å². The third-order valence-electron chi connectivity index (χ3n) is 4.21. The first-order valence-electron chi connectivity index (χ1n) is 9.33. The lowest BCUT2D eigenvalue weighted by Gasteiger charge is -2.19. The average molecular weight is 417 g/mol. The van der Waals surface area contributed by atoms with Crippen molar-refractivity contribution in [2.45, 2.75) is 32.5 Å². The van der Waals surface area contributed by atoms with Gasteiger partial charge in [-0.2, -0.15) is 5.11 Å². The second-order valence-corrected chi connectivity index (χ2v) is 6.90. The van der Waals surface area contributed by atoms with E-state index in [-0.39, 0.29) is 19.1 Å². The number of nitrogens with one attached hydrogen (secondary N) is 3. The molecule has 2 rings (SSSR count). The second kappa shape index (κ2) is 11.3. The summed E-state index contributed by atoms with van der Waals surface area (Å²) in [5, 5.41) is 9.51.